The van der Waals surface area contributed by atoms with Crippen molar-refractivity contribution in [2.75, 3.05) is 31.6 Å². The molecule has 0 aliphatic heterocycles. The lowest BCUT2D eigenvalue weighted by atomic mass is 10.1. The van der Waals surface area contributed by atoms with Crippen molar-refractivity contribution in [3.63, 3.8) is 0 Å². The molecule has 0 fully saturated rings. The maximum atomic E-state index is 5.58. The first-order chi connectivity index (χ1) is 8.54. The molecule has 0 aliphatic carbocycles. The van der Waals surface area contributed by atoms with E-state index in [4.69, 9.17) is 10.5 Å². The summed E-state index contributed by atoms with van der Waals surface area (Å²) in [6, 6.07) is 6.56. The molecule has 0 aromatic heterocycles. The van der Waals surface area contributed by atoms with Crippen LogP contribution in [-0.4, -0.2) is 32.8 Å². The third kappa shape index (κ3) is 4.67. The van der Waals surface area contributed by atoms with Gasteiger partial charge in [0.1, 0.15) is 0 Å². The third-order valence-electron chi connectivity index (χ3n) is 2.98. The van der Waals surface area contributed by atoms with Crippen LogP contribution in [0.25, 0.3) is 0 Å². The van der Waals surface area contributed by atoms with Crippen LogP contribution in [0.4, 0.5) is 5.69 Å². The Kier molecular flexibility index (Phi) is 6.16. The Morgan fingerprint density at radius 3 is 2.61 bits per heavy atom. The van der Waals surface area contributed by atoms with E-state index in [9.17, 15) is 0 Å². The molecule has 0 saturated carbocycles. The Balaban J connectivity index is 2.59. The Hall–Kier alpha value is -1.06. The summed E-state index contributed by atoms with van der Waals surface area (Å²) in [5.74, 6) is 0. The van der Waals surface area contributed by atoms with Gasteiger partial charge in [0.05, 0.1) is 12.7 Å². The Bertz CT molecular complexity index is 364. The van der Waals surface area contributed by atoms with Crippen molar-refractivity contribution in [3.05, 3.63) is 29.3 Å². The SMILES string of the molecule is Cc1cc(CCN)ccc1N(C)CCOC(C)C. The van der Waals surface area contributed by atoms with Crippen LogP contribution in [0, 0.1) is 6.92 Å². The van der Waals surface area contributed by atoms with Crippen LogP contribution in [0.2, 0.25) is 0 Å². The lowest BCUT2D eigenvalue weighted by Crippen LogP contribution is -2.24. The van der Waals surface area contributed by atoms with Gasteiger partial charge < -0.3 is 15.4 Å². The average molecular weight is 250 g/mol. The van der Waals surface area contributed by atoms with Gasteiger partial charge in [-0.25, -0.2) is 0 Å². The van der Waals surface area contributed by atoms with Crippen molar-refractivity contribution in [2.45, 2.75) is 33.3 Å². The monoisotopic (exact) mass is 250 g/mol. The van der Waals surface area contributed by atoms with E-state index in [1.165, 1.54) is 16.8 Å². The van der Waals surface area contributed by atoms with E-state index in [0.717, 1.165) is 19.6 Å². The Morgan fingerprint density at radius 1 is 1.33 bits per heavy atom. The van der Waals surface area contributed by atoms with Gasteiger partial charge in [0.25, 0.3) is 0 Å². The topological polar surface area (TPSA) is 38.5 Å². The normalized spacial score (nSPS) is 11.0. The molecule has 2 N–H and O–H groups in total. The Morgan fingerprint density at radius 2 is 2.06 bits per heavy atom. The molecule has 0 radical (unpaired) electrons. The fraction of sp³-hybridized carbons (Fsp3) is 0.600. The van der Waals surface area contributed by atoms with Gasteiger partial charge >= 0.3 is 0 Å². The fourth-order valence-electron chi connectivity index (χ4n) is 2.01. The van der Waals surface area contributed by atoms with Gasteiger partial charge in [-0.3, -0.25) is 0 Å². The highest BCUT2D eigenvalue weighted by Gasteiger charge is 2.05. The first-order valence-electron chi connectivity index (χ1n) is 6.67. The maximum Gasteiger partial charge on any atom is 0.0644 e. The summed E-state index contributed by atoms with van der Waals surface area (Å²) >= 11 is 0. The Labute approximate surface area is 111 Å². The number of benzene rings is 1. The van der Waals surface area contributed by atoms with Crippen molar-refractivity contribution in [3.8, 4) is 0 Å². The van der Waals surface area contributed by atoms with Crippen molar-refractivity contribution in [2.24, 2.45) is 5.73 Å². The number of rotatable bonds is 7. The summed E-state index contributed by atoms with van der Waals surface area (Å²) < 4.78 is 5.58. The average Bonchev–Trinajstić information content (AvgIpc) is 2.28. The largest absolute Gasteiger partial charge is 0.377 e. The molecule has 0 saturated heterocycles. The van der Waals surface area contributed by atoms with Gasteiger partial charge in [0.15, 0.2) is 0 Å². The number of nitrogens with zero attached hydrogens (tertiary/aromatic N) is 1. The minimum atomic E-state index is 0.298. The molecule has 0 bridgehead atoms. The smallest absolute Gasteiger partial charge is 0.0644 e. The molecule has 102 valence electrons. The predicted octanol–water partition coefficient (Wildman–Crippen LogP) is 2.36. The molecule has 0 amide bonds. The summed E-state index contributed by atoms with van der Waals surface area (Å²) in [6.07, 6.45) is 1.24. The number of nitrogens with two attached hydrogens (primary N) is 1. The lowest BCUT2D eigenvalue weighted by molar-refractivity contribution is 0.0846. The van der Waals surface area contributed by atoms with E-state index in [2.05, 4.69) is 50.9 Å². The molecule has 1 rings (SSSR count). The zero-order valence-corrected chi connectivity index (χ0v) is 12.1. The van der Waals surface area contributed by atoms with Crippen molar-refractivity contribution < 1.29 is 4.74 Å². The molecule has 18 heavy (non-hydrogen) atoms. The fourth-order valence-corrected chi connectivity index (χ4v) is 2.01. The molecule has 0 spiro atoms. The second-order valence-corrected chi connectivity index (χ2v) is 5.00. The second kappa shape index (κ2) is 7.39. The molecule has 3 heteroatoms. The zero-order chi connectivity index (χ0) is 13.5. The summed E-state index contributed by atoms with van der Waals surface area (Å²) in [6.45, 7) is 8.65. The standard InChI is InChI=1S/C15H26N2O/c1-12(2)18-10-9-17(4)15-6-5-14(7-8-16)11-13(15)3/h5-6,11-12H,7-10,16H2,1-4H3. The zero-order valence-electron chi connectivity index (χ0n) is 12.1. The summed E-state index contributed by atoms with van der Waals surface area (Å²) in [5.41, 5.74) is 9.45. The van der Waals surface area contributed by atoms with Gasteiger partial charge in [0, 0.05) is 19.3 Å². The van der Waals surface area contributed by atoms with Gasteiger partial charge in [-0.2, -0.15) is 0 Å². The van der Waals surface area contributed by atoms with Crippen LogP contribution in [0.5, 0.6) is 0 Å². The molecule has 1 aromatic rings. The van der Waals surface area contributed by atoms with E-state index < -0.39 is 0 Å². The molecular weight excluding hydrogens is 224 g/mol. The van der Waals surface area contributed by atoms with Crippen LogP contribution >= 0.6 is 0 Å². The van der Waals surface area contributed by atoms with E-state index in [-0.39, 0.29) is 0 Å². The number of hydrogen-bond acceptors (Lipinski definition) is 3. The maximum absolute atomic E-state index is 5.58. The highest BCUT2D eigenvalue weighted by atomic mass is 16.5. The minimum Gasteiger partial charge on any atom is -0.377 e. The first-order valence-corrected chi connectivity index (χ1v) is 6.67. The number of hydrogen-bond donors (Lipinski definition) is 1. The summed E-state index contributed by atoms with van der Waals surface area (Å²) in [4.78, 5) is 2.24. The van der Waals surface area contributed by atoms with Gasteiger partial charge in [-0.1, -0.05) is 12.1 Å². The van der Waals surface area contributed by atoms with E-state index in [0.29, 0.717) is 12.6 Å². The van der Waals surface area contributed by atoms with E-state index in [1.807, 2.05) is 0 Å². The summed E-state index contributed by atoms with van der Waals surface area (Å²) in [7, 11) is 2.11. The molecule has 3 nitrogen and oxygen atoms in total. The molecule has 0 unspecified atom stereocenters. The van der Waals surface area contributed by atoms with Crippen molar-refractivity contribution in [1.82, 2.24) is 0 Å². The first kappa shape index (κ1) is 15.0. The highest BCUT2D eigenvalue weighted by molar-refractivity contribution is 5.53. The third-order valence-corrected chi connectivity index (χ3v) is 2.98. The predicted molar refractivity (Wildman–Crippen MR) is 78.3 cm³/mol. The van der Waals surface area contributed by atoms with Gasteiger partial charge in [0.2, 0.25) is 0 Å². The van der Waals surface area contributed by atoms with E-state index >= 15 is 0 Å². The van der Waals surface area contributed by atoms with Crippen LogP contribution < -0.4 is 10.6 Å². The van der Waals surface area contributed by atoms with Crippen LogP contribution in [0.3, 0.4) is 0 Å². The number of anilines is 1. The van der Waals surface area contributed by atoms with Crippen molar-refractivity contribution in [1.29, 1.82) is 0 Å². The minimum absolute atomic E-state index is 0.298. The molecular formula is C15H26N2O. The second-order valence-electron chi connectivity index (χ2n) is 5.00. The van der Waals surface area contributed by atoms with Crippen LogP contribution in [-0.2, 0) is 11.2 Å². The molecule has 0 heterocycles. The van der Waals surface area contributed by atoms with Crippen LogP contribution in [0.15, 0.2) is 18.2 Å². The van der Waals surface area contributed by atoms with Crippen LogP contribution in [0.1, 0.15) is 25.0 Å². The quantitative estimate of drug-likeness (QED) is 0.807. The van der Waals surface area contributed by atoms with Gasteiger partial charge in [-0.05, 0) is 50.9 Å². The molecule has 1 aromatic carbocycles. The summed E-state index contributed by atoms with van der Waals surface area (Å²) in [5, 5.41) is 0. The lowest BCUT2D eigenvalue weighted by Gasteiger charge is -2.22. The van der Waals surface area contributed by atoms with Gasteiger partial charge in [-0.15, -0.1) is 0 Å². The highest BCUT2D eigenvalue weighted by Crippen LogP contribution is 2.20. The number of aryl methyl sites for hydroxylation is 1. The number of likely N-dealkylation sites (N-methyl/N-ethyl adjacent to an activating group) is 1. The number of ether oxygens (including phenoxy) is 1. The van der Waals surface area contributed by atoms with Crippen molar-refractivity contribution >= 4 is 5.69 Å². The van der Waals surface area contributed by atoms with E-state index in [1.54, 1.807) is 0 Å². The molecule has 0 aliphatic rings. The molecule has 0 atom stereocenters.